The molecule has 1 amide bonds. The Morgan fingerprint density at radius 3 is 2.67 bits per heavy atom. The van der Waals surface area contributed by atoms with E-state index in [1.165, 1.54) is 0 Å². The molecular formula is C16H12N2O6. The monoisotopic (exact) mass is 328 g/mol. The summed E-state index contributed by atoms with van der Waals surface area (Å²) in [6.45, 7) is 1.12. The van der Waals surface area contributed by atoms with Gasteiger partial charge in [-0.05, 0) is 12.1 Å². The number of carbonyl (C=O) groups excluding carboxylic acids is 1. The van der Waals surface area contributed by atoms with E-state index in [2.05, 4.69) is 4.98 Å². The number of aromatic hydroxyl groups is 1. The summed E-state index contributed by atoms with van der Waals surface area (Å²) in [6, 6.07) is 10.7. The highest BCUT2D eigenvalue weighted by atomic mass is 16.6. The lowest BCUT2D eigenvalue weighted by atomic mass is 10.2. The van der Waals surface area contributed by atoms with Gasteiger partial charge in [0.25, 0.3) is 5.88 Å². The van der Waals surface area contributed by atoms with Gasteiger partial charge in [0.1, 0.15) is 5.69 Å². The Hall–Kier alpha value is -3.55. The molecule has 0 bridgehead atoms. The molecule has 0 spiro atoms. The molecule has 3 N–H and O–H groups in total. The van der Waals surface area contributed by atoms with Crippen molar-refractivity contribution >= 4 is 28.8 Å². The molecule has 8 nitrogen and oxygen atoms in total. The second-order valence-corrected chi connectivity index (χ2v) is 4.85. The number of para-hydroxylation sites is 1. The van der Waals surface area contributed by atoms with Crippen LogP contribution in [0, 0.1) is 0 Å². The number of carbonyl (C=O) groups is 2. The number of carboxylic acid groups (broad SMARTS) is 1. The normalized spacial score (nSPS) is 10.5. The number of nitrogens with zero attached hydrogens (tertiary/aromatic N) is 1. The number of hydrogen-bond donors (Lipinski definition) is 3. The average Bonchev–Trinajstić information content (AvgIpc) is 2.82. The third-order valence-electron chi connectivity index (χ3n) is 3.14. The van der Waals surface area contributed by atoms with Gasteiger partial charge in [-0.1, -0.05) is 24.3 Å². The summed E-state index contributed by atoms with van der Waals surface area (Å²) < 4.78 is 10.1. The van der Waals surface area contributed by atoms with Crippen LogP contribution in [-0.2, 0) is 4.79 Å². The van der Waals surface area contributed by atoms with Gasteiger partial charge in [0.2, 0.25) is 17.3 Å². The molecule has 0 aliphatic carbocycles. The van der Waals surface area contributed by atoms with Gasteiger partial charge in [-0.25, -0.2) is 9.78 Å². The predicted octanol–water partition coefficient (Wildman–Crippen LogP) is 3.22. The largest absolute Gasteiger partial charge is 0.501 e. The Morgan fingerprint density at radius 1 is 1.21 bits per heavy atom. The SMILES string of the molecule is CC(=O)Oc1c(NC(=O)O)oc(-c2ccc3ccccc3n2)c1O. The fourth-order valence-corrected chi connectivity index (χ4v) is 2.19. The second-order valence-electron chi connectivity index (χ2n) is 4.85. The Labute approximate surface area is 135 Å². The predicted molar refractivity (Wildman–Crippen MR) is 84.1 cm³/mol. The molecule has 0 saturated carbocycles. The molecule has 122 valence electrons. The van der Waals surface area contributed by atoms with E-state index in [4.69, 9.17) is 14.3 Å². The van der Waals surface area contributed by atoms with Gasteiger partial charge in [0.05, 0.1) is 5.52 Å². The lowest BCUT2D eigenvalue weighted by molar-refractivity contribution is -0.132. The van der Waals surface area contributed by atoms with E-state index in [9.17, 15) is 14.7 Å². The van der Waals surface area contributed by atoms with Crippen molar-refractivity contribution in [2.75, 3.05) is 5.32 Å². The summed E-state index contributed by atoms with van der Waals surface area (Å²) in [4.78, 5) is 26.3. The zero-order valence-corrected chi connectivity index (χ0v) is 12.4. The molecule has 0 atom stereocenters. The fraction of sp³-hybridized carbons (Fsp3) is 0.0625. The summed E-state index contributed by atoms with van der Waals surface area (Å²) in [5.74, 6) is -2.18. The topological polar surface area (TPSA) is 122 Å². The molecule has 2 heterocycles. The van der Waals surface area contributed by atoms with E-state index < -0.39 is 29.4 Å². The fourth-order valence-electron chi connectivity index (χ4n) is 2.19. The highest BCUT2D eigenvalue weighted by Crippen LogP contribution is 2.45. The lowest BCUT2D eigenvalue weighted by Crippen LogP contribution is -2.09. The van der Waals surface area contributed by atoms with Crippen molar-refractivity contribution in [3.05, 3.63) is 36.4 Å². The zero-order valence-electron chi connectivity index (χ0n) is 12.4. The first-order chi connectivity index (χ1) is 11.5. The number of aromatic nitrogens is 1. The highest BCUT2D eigenvalue weighted by molar-refractivity contribution is 5.88. The number of benzene rings is 1. The second kappa shape index (κ2) is 5.92. The number of esters is 1. The first-order valence-corrected chi connectivity index (χ1v) is 6.86. The maximum absolute atomic E-state index is 11.2. The minimum Gasteiger partial charge on any atom is -0.501 e. The van der Waals surface area contributed by atoms with Crippen LogP contribution >= 0.6 is 0 Å². The molecule has 0 fully saturated rings. The maximum Gasteiger partial charge on any atom is 0.411 e. The van der Waals surface area contributed by atoms with E-state index in [1.54, 1.807) is 18.2 Å². The number of pyridine rings is 1. The van der Waals surface area contributed by atoms with Gasteiger partial charge in [0.15, 0.2) is 0 Å². The first kappa shape index (κ1) is 15.3. The molecular weight excluding hydrogens is 316 g/mol. The van der Waals surface area contributed by atoms with Crippen LogP contribution in [-0.4, -0.2) is 27.3 Å². The molecule has 0 aliphatic heterocycles. The summed E-state index contributed by atoms with van der Waals surface area (Å²) >= 11 is 0. The van der Waals surface area contributed by atoms with Crippen molar-refractivity contribution in [2.45, 2.75) is 6.92 Å². The lowest BCUT2D eigenvalue weighted by Gasteiger charge is -2.01. The van der Waals surface area contributed by atoms with Crippen molar-refractivity contribution in [3.63, 3.8) is 0 Å². The summed E-state index contributed by atoms with van der Waals surface area (Å²) in [5.41, 5.74) is 0.922. The molecule has 0 aliphatic rings. The van der Waals surface area contributed by atoms with E-state index in [0.29, 0.717) is 5.52 Å². The molecule has 0 unspecified atom stereocenters. The molecule has 0 radical (unpaired) electrons. The number of anilines is 1. The van der Waals surface area contributed by atoms with Crippen molar-refractivity contribution in [1.29, 1.82) is 0 Å². The molecule has 1 aromatic carbocycles. The molecule has 8 heteroatoms. The quantitative estimate of drug-likeness (QED) is 0.631. The summed E-state index contributed by atoms with van der Waals surface area (Å²) in [5, 5.41) is 21.9. The van der Waals surface area contributed by atoms with E-state index in [0.717, 1.165) is 12.3 Å². The van der Waals surface area contributed by atoms with Crippen LogP contribution < -0.4 is 10.1 Å². The number of rotatable bonds is 3. The van der Waals surface area contributed by atoms with Gasteiger partial charge >= 0.3 is 12.1 Å². The number of amides is 1. The van der Waals surface area contributed by atoms with Gasteiger partial charge in [-0.15, -0.1) is 0 Å². The van der Waals surface area contributed by atoms with Crippen LogP contribution in [0.4, 0.5) is 10.7 Å². The third kappa shape index (κ3) is 2.84. The standard InChI is InChI=1S/C16H12N2O6/c1-8(19)23-14-12(20)13(24-15(14)18-16(21)22)11-7-6-9-4-2-3-5-10(9)17-11/h2-7,18,20H,1H3,(H,21,22). The minimum absolute atomic E-state index is 0.110. The number of hydrogen-bond acceptors (Lipinski definition) is 6. The van der Waals surface area contributed by atoms with Crippen molar-refractivity contribution < 1.29 is 29.0 Å². The van der Waals surface area contributed by atoms with Gasteiger partial charge < -0.3 is 19.4 Å². The smallest absolute Gasteiger partial charge is 0.411 e. The Kier molecular flexibility index (Phi) is 3.78. The van der Waals surface area contributed by atoms with Gasteiger partial charge in [-0.2, -0.15) is 0 Å². The van der Waals surface area contributed by atoms with Crippen LogP contribution in [0.2, 0.25) is 0 Å². The number of fused-ring (bicyclic) bond motifs is 1. The molecule has 3 aromatic rings. The summed E-state index contributed by atoms with van der Waals surface area (Å²) in [7, 11) is 0. The first-order valence-electron chi connectivity index (χ1n) is 6.86. The Balaban J connectivity index is 2.13. The third-order valence-corrected chi connectivity index (χ3v) is 3.14. The van der Waals surface area contributed by atoms with Crippen LogP contribution in [0.5, 0.6) is 11.5 Å². The number of ether oxygens (including phenoxy) is 1. The van der Waals surface area contributed by atoms with Crippen LogP contribution in [0.15, 0.2) is 40.8 Å². The summed E-state index contributed by atoms with van der Waals surface area (Å²) in [6.07, 6.45) is -1.44. The molecule has 0 saturated heterocycles. The minimum atomic E-state index is -1.44. The maximum atomic E-state index is 11.2. The van der Waals surface area contributed by atoms with Crippen molar-refractivity contribution in [1.82, 2.24) is 4.98 Å². The van der Waals surface area contributed by atoms with E-state index in [1.807, 2.05) is 23.5 Å². The van der Waals surface area contributed by atoms with Crippen LogP contribution in [0.25, 0.3) is 22.4 Å². The Bertz CT molecular complexity index is 947. The van der Waals surface area contributed by atoms with Gasteiger partial charge in [-0.3, -0.25) is 10.1 Å². The highest BCUT2D eigenvalue weighted by Gasteiger charge is 2.26. The van der Waals surface area contributed by atoms with Gasteiger partial charge in [0, 0.05) is 12.3 Å². The Morgan fingerprint density at radius 2 is 1.96 bits per heavy atom. The van der Waals surface area contributed by atoms with Crippen LogP contribution in [0.3, 0.4) is 0 Å². The number of nitrogens with one attached hydrogen (secondary N) is 1. The molecule has 24 heavy (non-hydrogen) atoms. The van der Waals surface area contributed by atoms with Crippen molar-refractivity contribution in [2.24, 2.45) is 0 Å². The van der Waals surface area contributed by atoms with Crippen LogP contribution in [0.1, 0.15) is 6.92 Å². The average molecular weight is 328 g/mol. The molecule has 3 rings (SSSR count). The zero-order chi connectivity index (χ0) is 17.3. The number of furan rings is 1. The van der Waals surface area contributed by atoms with Crippen molar-refractivity contribution in [3.8, 4) is 23.0 Å². The molecule has 2 aromatic heterocycles. The van der Waals surface area contributed by atoms with E-state index in [-0.39, 0.29) is 11.5 Å². The van der Waals surface area contributed by atoms with E-state index >= 15 is 0 Å².